The summed E-state index contributed by atoms with van der Waals surface area (Å²) in [6.07, 6.45) is 0. The van der Waals surface area contributed by atoms with E-state index in [4.69, 9.17) is 0 Å². The molecule has 2 aromatic rings. The maximum absolute atomic E-state index is 14.9. The number of carbonyl (C=O) groups is 4. The third-order valence-corrected chi connectivity index (χ3v) is 10.9. The lowest BCUT2D eigenvalue weighted by Gasteiger charge is -2.23. The van der Waals surface area contributed by atoms with Crippen LogP contribution in [0.25, 0.3) is 11.1 Å². The number of benzene rings is 2. The highest BCUT2D eigenvalue weighted by Gasteiger charge is 2.51. The maximum atomic E-state index is 14.9. The summed E-state index contributed by atoms with van der Waals surface area (Å²) in [4.78, 5) is 25.2. The lowest BCUT2D eigenvalue weighted by molar-refractivity contribution is 0.0643. The zero-order valence-electron chi connectivity index (χ0n) is 21.0. The van der Waals surface area contributed by atoms with Crippen LogP contribution in [0.5, 0.6) is 0 Å². The van der Waals surface area contributed by atoms with Crippen LogP contribution < -0.4 is 0 Å². The second-order valence-corrected chi connectivity index (χ2v) is 15.8. The van der Waals surface area contributed by atoms with E-state index in [2.05, 4.69) is 0 Å². The topological polar surface area (TPSA) is 354 Å². The Morgan fingerprint density at radius 1 is 0.312 bits per heavy atom. The Hall–Kier alpha value is -4.40. The molecule has 32 heteroatoms. The van der Waals surface area contributed by atoms with Gasteiger partial charge in [-0.15, -0.1) is 23.3 Å². The number of aromatic carboxylic acids is 4. The molecule has 0 unspecified atom stereocenters. The van der Waals surface area contributed by atoms with Gasteiger partial charge in [0.15, 0.2) is 0 Å². The fourth-order valence-electron chi connectivity index (χ4n) is 4.05. The van der Waals surface area contributed by atoms with E-state index in [9.17, 15) is 113 Å². The van der Waals surface area contributed by atoms with Crippen LogP contribution in [0.2, 0.25) is 0 Å². The highest BCUT2D eigenvalue weighted by molar-refractivity contribution is 7.91. The molecule has 0 aromatic heterocycles. The summed E-state index contributed by atoms with van der Waals surface area (Å²) in [5, 5.41) is 37.5. The van der Waals surface area contributed by atoms with Crippen molar-refractivity contribution in [1.82, 2.24) is 0 Å². The molecule has 0 fully saturated rings. The first kappa shape index (κ1) is 39.8. The zero-order chi connectivity index (χ0) is 38.2. The average Bonchev–Trinajstić information content (AvgIpc) is 2.81. The number of halogens is 6. The molecular formula is C16H4F6O20S6. The van der Waals surface area contributed by atoms with Crippen LogP contribution in [0.15, 0.2) is 29.4 Å². The first-order chi connectivity index (χ1) is 21.0. The number of carboxylic acid groups (broad SMARTS) is 4. The molecule has 0 saturated heterocycles. The van der Waals surface area contributed by atoms with E-state index in [1.54, 1.807) is 0 Å². The predicted octanol–water partition coefficient (Wildman–Crippen LogP) is 0.0956. The van der Waals surface area contributed by atoms with Crippen molar-refractivity contribution < 1.29 is 113 Å². The van der Waals surface area contributed by atoms with Gasteiger partial charge in [-0.2, -0.15) is 50.5 Å². The Balaban J connectivity index is 4.37. The lowest BCUT2D eigenvalue weighted by Crippen LogP contribution is -2.25. The number of carboxylic acids is 4. The smallest absolute Gasteiger partial charge is 0.338 e. The summed E-state index contributed by atoms with van der Waals surface area (Å²) in [6.45, 7) is 0. The summed E-state index contributed by atoms with van der Waals surface area (Å²) < 4.78 is 234. The average molecular weight is 823 g/mol. The molecule has 0 aliphatic carbocycles. The molecule has 0 aliphatic heterocycles. The van der Waals surface area contributed by atoms with Gasteiger partial charge in [0.2, 0.25) is 0 Å². The van der Waals surface area contributed by atoms with Crippen LogP contribution in [0.3, 0.4) is 0 Å². The van der Waals surface area contributed by atoms with Gasteiger partial charge in [0, 0.05) is 11.1 Å². The van der Waals surface area contributed by atoms with E-state index in [0.717, 1.165) is 0 Å². The Morgan fingerprint density at radius 2 is 0.458 bits per heavy atom. The van der Waals surface area contributed by atoms with Crippen molar-refractivity contribution in [3.05, 3.63) is 22.3 Å². The monoisotopic (exact) mass is 822 g/mol. The SMILES string of the molecule is O=C(O)c1c(C(=O)O)c(S(=O)(=O)F)c(S(=O)(=O)F)c(-c2c(S(=O)(=O)F)c(C(=O)O)c(C(=O)O)c(S(=O)(=O)F)c2S(=O)(=O)F)c1S(=O)(=O)F. The quantitative estimate of drug-likeness (QED) is 0.172. The highest BCUT2D eigenvalue weighted by Crippen LogP contribution is 2.52. The van der Waals surface area contributed by atoms with Gasteiger partial charge in [0.25, 0.3) is 0 Å². The molecule has 0 bridgehead atoms. The number of hydrogen-bond donors (Lipinski definition) is 4. The number of hydrogen-bond acceptors (Lipinski definition) is 16. The van der Waals surface area contributed by atoms with E-state index in [1.807, 2.05) is 0 Å². The molecule has 2 rings (SSSR count). The van der Waals surface area contributed by atoms with Crippen LogP contribution in [-0.2, 0) is 61.3 Å². The number of rotatable bonds is 11. The fourth-order valence-corrected chi connectivity index (χ4v) is 10.2. The van der Waals surface area contributed by atoms with Crippen molar-refractivity contribution in [3.8, 4) is 11.1 Å². The third kappa shape index (κ3) is 6.91. The van der Waals surface area contributed by atoms with Gasteiger partial charge in [0.05, 0.1) is 22.3 Å². The Kier molecular flexibility index (Phi) is 9.64. The van der Waals surface area contributed by atoms with Crippen molar-refractivity contribution in [1.29, 1.82) is 0 Å². The maximum Gasteiger partial charge on any atom is 0.338 e. The van der Waals surface area contributed by atoms with Gasteiger partial charge < -0.3 is 20.4 Å². The van der Waals surface area contributed by atoms with Gasteiger partial charge >= 0.3 is 85.2 Å². The van der Waals surface area contributed by atoms with Crippen molar-refractivity contribution in [2.75, 3.05) is 0 Å². The molecule has 0 atom stereocenters. The van der Waals surface area contributed by atoms with E-state index < -0.39 is 148 Å². The molecule has 48 heavy (non-hydrogen) atoms. The molecule has 0 spiro atoms. The minimum atomic E-state index is -7.86. The third-order valence-electron chi connectivity index (χ3n) is 5.30. The highest BCUT2D eigenvalue weighted by atomic mass is 32.3. The van der Waals surface area contributed by atoms with E-state index >= 15 is 0 Å². The predicted molar refractivity (Wildman–Crippen MR) is 129 cm³/mol. The summed E-state index contributed by atoms with van der Waals surface area (Å²) >= 11 is 0. The molecule has 266 valence electrons. The summed E-state index contributed by atoms with van der Waals surface area (Å²) in [5.74, 6) is -13.7. The zero-order valence-corrected chi connectivity index (χ0v) is 25.9. The molecule has 20 nitrogen and oxygen atoms in total. The normalized spacial score (nSPS) is 13.2. The van der Waals surface area contributed by atoms with Crippen LogP contribution >= 0.6 is 0 Å². The van der Waals surface area contributed by atoms with Gasteiger partial charge in [-0.05, 0) is 0 Å². The molecule has 0 heterocycles. The molecule has 2 aromatic carbocycles. The van der Waals surface area contributed by atoms with Crippen LogP contribution in [0, 0.1) is 0 Å². The molecule has 0 radical (unpaired) electrons. The summed E-state index contributed by atoms with van der Waals surface area (Å²) in [6, 6.07) is 0. The van der Waals surface area contributed by atoms with E-state index in [-0.39, 0.29) is 0 Å². The van der Waals surface area contributed by atoms with Crippen molar-refractivity contribution in [2.45, 2.75) is 29.4 Å². The summed E-state index contributed by atoms with van der Waals surface area (Å²) in [5.41, 5.74) is -20.3. The largest absolute Gasteiger partial charge is 0.478 e. The van der Waals surface area contributed by atoms with Crippen LogP contribution in [0.1, 0.15) is 41.4 Å². The van der Waals surface area contributed by atoms with Gasteiger partial charge in [-0.3, -0.25) is 0 Å². The van der Waals surface area contributed by atoms with Gasteiger partial charge in [0.1, 0.15) is 29.4 Å². The van der Waals surface area contributed by atoms with Crippen LogP contribution in [0.4, 0.5) is 23.3 Å². The Bertz CT molecular complexity index is 2410. The standard InChI is InChI=1S/C16H4F6O20S6/c17-43(31,32)7-1(9(45(19,35)36)11(47(21,39)40)5(15(27)28)3(7)13(23)24)2-8(44(18,33)34)4(14(25)26)6(16(29)30)12(48(22,41)42)10(2)46(20,37)38/h(H,23,24)(H,25,26)(H,27,28)(H,29,30). The first-order valence-electron chi connectivity index (χ1n) is 10.1. The molecule has 4 N–H and O–H groups in total. The minimum absolute atomic E-state index is 3.17. The fraction of sp³-hybridized carbons (Fsp3) is 0. The van der Waals surface area contributed by atoms with E-state index in [0.29, 0.717) is 0 Å². The molecule has 0 aliphatic rings. The second kappa shape index (κ2) is 11.6. The first-order valence-corrected chi connectivity index (χ1v) is 18.4. The van der Waals surface area contributed by atoms with Crippen LogP contribution in [-0.4, -0.2) is 94.8 Å². The van der Waals surface area contributed by atoms with Gasteiger partial charge in [-0.25, -0.2) is 19.2 Å². The van der Waals surface area contributed by atoms with Crippen molar-refractivity contribution in [2.24, 2.45) is 0 Å². The summed E-state index contributed by atoms with van der Waals surface area (Å²) in [7, 11) is -46.4. The van der Waals surface area contributed by atoms with Gasteiger partial charge in [-0.1, -0.05) is 0 Å². The molecule has 0 saturated carbocycles. The van der Waals surface area contributed by atoms with E-state index in [1.165, 1.54) is 0 Å². The second-order valence-electron chi connectivity index (χ2n) is 8.07. The molecule has 0 amide bonds. The lowest BCUT2D eigenvalue weighted by atomic mass is 9.94. The molecular weight excluding hydrogens is 819 g/mol. The minimum Gasteiger partial charge on any atom is -0.478 e. The Morgan fingerprint density at radius 3 is 0.583 bits per heavy atom. The van der Waals surface area contributed by atoms with Crippen molar-refractivity contribution >= 4 is 85.2 Å². The Labute approximate surface area is 260 Å². The van der Waals surface area contributed by atoms with Crippen molar-refractivity contribution in [3.63, 3.8) is 0 Å².